The second kappa shape index (κ2) is 11.3. The van der Waals surface area contributed by atoms with Crippen LogP contribution in [0.1, 0.15) is 44.1 Å². The first-order valence-electron chi connectivity index (χ1n) is 12.8. The first-order chi connectivity index (χ1) is 16.6. The number of hydrogen-bond acceptors (Lipinski definition) is 6. The van der Waals surface area contributed by atoms with Crippen LogP contribution in [0.3, 0.4) is 0 Å². The van der Waals surface area contributed by atoms with E-state index in [-0.39, 0.29) is 21.7 Å². The summed E-state index contributed by atoms with van der Waals surface area (Å²) in [5.41, 5.74) is 0.630. The summed E-state index contributed by atoms with van der Waals surface area (Å²) in [7, 11) is -4.92. The zero-order chi connectivity index (χ0) is 25.2. The Kier molecular flexibility index (Phi) is 8.83. The molecule has 3 saturated heterocycles. The fourth-order valence-corrected chi connectivity index (χ4v) is 9.83. The van der Waals surface area contributed by atoms with Crippen LogP contribution in [-0.4, -0.2) is 106 Å². The summed E-state index contributed by atoms with van der Waals surface area (Å²) in [6.07, 6.45) is 4.82. The molecule has 198 valence electrons. The fraction of sp³-hybridized carbons (Fsp3) is 0.750. The predicted octanol–water partition coefficient (Wildman–Crippen LogP) is 2.62. The van der Waals surface area contributed by atoms with E-state index in [2.05, 4.69) is 16.8 Å². The van der Waals surface area contributed by atoms with Crippen LogP contribution in [0, 0.1) is 6.92 Å². The average molecular weight is 547 g/mol. The maximum Gasteiger partial charge on any atom is 0.245 e. The number of likely N-dealkylation sites (tertiary alicyclic amines) is 1. The normalized spacial score (nSPS) is 24.8. The Bertz CT molecular complexity index is 1060. The van der Waals surface area contributed by atoms with Gasteiger partial charge in [-0.25, -0.2) is 16.8 Å². The molecule has 11 heteroatoms. The van der Waals surface area contributed by atoms with E-state index >= 15 is 0 Å². The molecule has 1 aromatic carbocycles. The van der Waals surface area contributed by atoms with Crippen molar-refractivity contribution in [2.75, 3.05) is 58.6 Å². The lowest BCUT2D eigenvalue weighted by molar-refractivity contribution is 0.0892. The molecule has 0 aliphatic carbocycles. The Labute approximate surface area is 216 Å². The van der Waals surface area contributed by atoms with Crippen molar-refractivity contribution in [2.24, 2.45) is 0 Å². The molecule has 0 spiro atoms. The molecule has 3 aliphatic heterocycles. The maximum absolute atomic E-state index is 13.4. The van der Waals surface area contributed by atoms with Gasteiger partial charge in [-0.2, -0.15) is 8.61 Å². The van der Waals surface area contributed by atoms with Gasteiger partial charge in [-0.15, -0.1) is 0 Å². The van der Waals surface area contributed by atoms with Gasteiger partial charge in [0.05, 0.1) is 10.8 Å². The van der Waals surface area contributed by atoms with Crippen molar-refractivity contribution >= 4 is 31.6 Å². The lowest BCUT2D eigenvalue weighted by Gasteiger charge is -2.41. The summed E-state index contributed by atoms with van der Waals surface area (Å²) in [6.45, 7) is 7.08. The highest BCUT2D eigenvalue weighted by Crippen LogP contribution is 2.33. The Morgan fingerprint density at radius 1 is 0.943 bits per heavy atom. The second-order valence-electron chi connectivity index (χ2n) is 10.2. The summed E-state index contributed by atoms with van der Waals surface area (Å²) in [5, 5.41) is 0.234. The largest absolute Gasteiger partial charge is 0.306 e. The molecule has 0 N–H and O–H groups in total. The molecule has 1 atom stereocenters. The third-order valence-corrected chi connectivity index (χ3v) is 12.4. The molecular formula is C24H39ClN4O4S2. The smallest absolute Gasteiger partial charge is 0.245 e. The van der Waals surface area contributed by atoms with Gasteiger partial charge in [0, 0.05) is 44.8 Å². The number of piperazine rings is 1. The molecule has 0 radical (unpaired) electrons. The van der Waals surface area contributed by atoms with Crippen LogP contribution >= 0.6 is 11.6 Å². The quantitative estimate of drug-likeness (QED) is 0.498. The Morgan fingerprint density at radius 3 is 2.29 bits per heavy atom. The topological polar surface area (TPSA) is 81.2 Å². The van der Waals surface area contributed by atoms with Crippen molar-refractivity contribution in [3.63, 3.8) is 0 Å². The molecule has 1 unspecified atom stereocenters. The van der Waals surface area contributed by atoms with Gasteiger partial charge in [-0.1, -0.05) is 23.7 Å². The predicted molar refractivity (Wildman–Crippen MR) is 140 cm³/mol. The summed E-state index contributed by atoms with van der Waals surface area (Å²) in [5.74, 6) is 0.0662. The van der Waals surface area contributed by atoms with E-state index in [0.29, 0.717) is 44.1 Å². The first-order valence-corrected chi connectivity index (χ1v) is 16.2. The third kappa shape index (κ3) is 6.22. The van der Waals surface area contributed by atoms with Crippen molar-refractivity contribution in [3.8, 4) is 0 Å². The van der Waals surface area contributed by atoms with E-state index in [4.69, 9.17) is 11.6 Å². The summed E-state index contributed by atoms with van der Waals surface area (Å²) in [4.78, 5) is 4.98. The maximum atomic E-state index is 13.4. The molecule has 1 aromatic rings. The van der Waals surface area contributed by atoms with E-state index in [9.17, 15) is 16.8 Å². The molecule has 0 saturated carbocycles. The lowest BCUT2D eigenvalue weighted by Crippen LogP contribution is -2.54. The van der Waals surface area contributed by atoms with E-state index in [1.165, 1.54) is 4.31 Å². The number of rotatable bonds is 8. The van der Waals surface area contributed by atoms with Crippen LogP contribution in [0.2, 0.25) is 5.02 Å². The molecule has 3 fully saturated rings. The molecule has 0 amide bonds. The van der Waals surface area contributed by atoms with E-state index in [1.54, 1.807) is 29.4 Å². The van der Waals surface area contributed by atoms with Crippen molar-refractivity contribution in [3.05, 3.63) is 28.8 Å². The van der Waals surface area contributed by atoms with Crippen LogP contribution in [0.5, 0.6) is 0 Å². The fourth-order valence-electron chi connectivity index (χ4n) is 5.81. The van der Waals surface area contributed by atoms with Crippen molar-refractivity contribution in [2.45, 2.75) is 62.4 Å². The minimum absolute atomic E-state index is 0.0662. The highest BCUT2D eigenvalue weighted by atomic mass is 35.5. The highest BCUT2D eigenvalue weighted by molar-refractivity contribution is 7.89. The van der Waals surface area contributed by atoms with Crippen molar-refractivity contribution in [1.29, 1.82) is 0 Å². The van der Waals surface area contributed by atoms with Gasteiger partial charge in [0.1, 0.15) is 4.90 Å². The van der Waals surface area contributed by atoms with Crippen molar-refractivity contribution < 1.29 is 16.8 Å². The Balaban J connectivity index is 1.30. The number of benzene rings is 1. The van der Waals surface area contributed by atoms with Gasteiger partial charge >= 0.3 is 0 Å². The second-order valence-corrected chi connectivity index (χ2v) is 14.5. The number of piperidine rings is 1. The van der Waals surface area contributed by atoms with Crippen LogP contribution in [0.4, 0.5) is 0 Å². The van der Waals surface area contributed by atoms with Crippen LogP contribution in [-0.2, 0) is 20.0 Å². The summed E-state index contributed by atoms with van der Waals surface area (Å²) < 4.78 is 56.0. The average Bonchev–Trinajstić information content (AvgIpc) is 3.29. The molecule has 35 heavy (non-hydrogen) atoms. The Morgan fingerprint density at radius 2 is 1.63 bits per heavy atom. The molecule has 3 aliphatic rings. The van der Waals surface area contributed by atoms with E-state index < -0.39 is 20.0 Å². The summed E-state index contributed by atoms with van der Waals surface area (Å²) >= 11 is 6.26. The summed E-state index contributed by atoms with van der Waals surface area (Å²) in [6, 6.07) is 5.48. The molecule has 3 heterocycles. The van der Waals surface area contributed by atoms with E-state index in [0.717, 1.165) is 51.9 Å². The van der Waals surface area contributed by atoms with Crippen LogP contribution < -0.4 is 0 Å². The van der Waals surface area contributed by atoms with Crippen LogP contribution in [0.15, 0.2) is 23.1 Å². The zero-order valence-electron chi connectivity index (χ0n) is 20.9. The van der Waals surface area contributed by atoms with Gasteiger partial charge in [0.15, 0.2) is 0 Å². The molecule has 0 aromatic heterocycles. The number of hydrogen-bond donors (Lipinski definition) is 0. The van der Waals surface area contributed by atoms with Crippen molar-refractivity contribution in [1.82, 2.24) is 18.4 Å². The van der Waals surface area contributed by atoms with Gasteiger partial charge in [0.2, 0.25) is 20.0 Å². The minimum Gasteiger partial charge on any atom is -0.306 e. The number of halogens is 1. The number of aryl methyl sites for hydroxylation is 1. The van der Waals surface area contributed by atoms with Gasteiger partial charge in [0.25, 0.3) is 0 Å². The Hall–Kier alpha value is -0.750. The highest BCUT2D eigenvalue weighted by Gasteiger charge is 2.37. The number of nitrogens with zero attached hydrogens (tertiary/aromatic N) is 4. The monoisotopic (exact) mass is 546 g/mol. The SMILES string of the molecule is Cc1cccc(Cl)c1S(=O)(=O)N1CCCC1CCCS(=O)(=O)N1CCN(C2CCN(C)CC2)CC1. The van der Waals surface area contributed by atoms with Gasteiger partial charge in [-0.05, 0) is 77.2 Å². The lowest BCUT2D eigenvalue weighted by atomic mass is 10.0. The van der Waals surface area contributed by atoms with Gasteiger partial charge in [-0.3, -0.25) is 4.90 Å². The number of sulfonamides is 2. The van der Waals surface area contributed by atoms with Gasteiger partial charge < -0.3 is 4.90 Å². The van der Waals surface area contributed by atoms with E-state index in [1.807, 2.05) is 0 Å². The molecule has 8 nitrogen and oxygen atoms in total. The third-order valence-electron chi connectivity index (χ3n) is 7.86. The first kappa shape index (κ1) is 27.3. The molecular weight excluding hydrogens is 508 g/mol. The standard InChI is InChI=1S/C24H39ClN4O4S2/c1-20-6-3-9-23(25)24(20)35(32,33)29-12-4-7-22(29)8-5-19-34(30,31)28-17-15-27(16-18-28)21-10-13-26(2)14-11-21/h3,6,9,21-22H,4-5,7-8,10-19H2,1-2H3. The molecule has 4 rings (SSSR count). The molecule has 0 bridgehead atoms. The zero-order valence-corrected chi connectivity index (χ0v) is 23.3. The minimum atomic E-state index is -3.72. The van der Waals surface area contributed by atoms with Crippen LogP contribution in [0.25, 0.3) is 0 Å².